The Labute approximate surface area is 286 Å². The van der Waals surface area contributed by atoms with Crippen molar-refractivity contribution in [3.05, 3.63) is 87.7 Å². The Kier molecular flexibility index (Phi) is 9.58. The number of carbonyl (C=O) groups excluding carboxylic acids is 3. The van der Waals surface area contributed by atoms with Crippen LogP contribution in [0.5, 0.6) is 11.5 Å². The zero-order valence-corrected chi connectivity index (χ0v) is 27.9. The minimum Gasteiger partial charge on any atom is -0.497 e. The molecule has 13 nitrogen and oxygen atoms in total. The Morgan fingerprint density at radius 2 is 1.76 bits per heavy atom. The highest BCUT2D eigenvalue weighted by molar-refractivity contribution is 6.31. The maximum Gasteiger partial charge on any atom is 0.327 e. The Morgan fingerprint density at radius 1 is 1.02 bits per heavy atom. The van der Waals surface area contributed by atoms with Gasteiger partial charge in [-0.1, -0.05) is 11.6 Å². The normalized spacial score (nSPS) is 16.7. The highest BCUT2D eigenvalue weighted by Gasteiger charge is 2.35. The largest absolute Gasteiger partial charge is 0.497 e. The van der Waals surface area contributed by atoms with Gasteiger partial charge in [-0.25, -0.2) is 18.8 Å². The second kappa shape index (κ2) is 14.0. The van der Waals surface area contributed by atoms with Crippen LogP contribution in [0.2, 0.25) is 5.02 Å². The number of carbonyl (C=O) groups is 3. The molecule has 49 heavy (non-hydrogen) atoms. The molecule has 2 N–H and O–H groups in total. The van der Waals surface area contributed by atoms with Gasteiger partial charge in [0.2, 0.25) is 11.8 Å². The molecule has 3 heterocycles. The predicted molar refractivity (Wildman–Crippen MR) is 183 cm³/mol. The maximum atomic E-state index is 14.3. The molecule has 2 fully saturated rings. The summed E-state index contributed by atoms with van der Waals surface area (Å²) in [5.74, 6) is 0.270. The molecule has 6 rings (SSSR count). The number of nitrogens with one attached hydrogen (secondary N) is 2. The van der Waals surface area contributed by atoms with Crippen molar-refractivity contribution in [2.45, 2.75) is 31.8 Å². The fourth-order valence-electron chi connectivity index (χ4n) is 6.16. The van der Waals surface area contributed by atoms with Crippen LogP contribution in [0.15, 0.2) is 65.5 Å². The lowest BCUT2D eigenvalue weighted by Gasteiger charge is -2.39. The maximum absolute atomic E-state index is 14.3. The Hall–Kier alpha value is -5.37. The van der Waals surface area contributed by atoms with Gasteiger partial charge in [-0.05, 0) is 67.9 Å². The topological polar surface area (TPSA) is 138 Å². The van der Waals surface area contributed by atoms with Crippen LogP contribution < -0.4 is 35.6 Å². The number of hydrogen-bond donors (Lipinski definition) is 2. The fraction of sp³-hybridized carbons (Fsp3) is 0.324. The summed E-state index contributed by atoms with van der Waals surface area (Å²) >= 11 is 6.30. The lowest BCUT2D eigenvalue weighted by atomic mass is 10.1. The average molecular weight is 692 g/mol. The highest BCUT2D eigenvalue weighted by Crippen LogP contribution is 2.37. The summed E-state index contributed by atoms with van der Waals surface area (Å²) in [6.07, 6.45) is 0.752. The van der Waals surface area contributed by atoms with Crippen molar-refractivity contribution in [1.82, 2.24) is 19.9 Å². The van der Waals surface area contributed by atoms with Crippen LogP contribution in [-0.4, -0.2) is 78.8 Å². The second-order valence-corrected chi connectivity index (χ2v) is 12.1. The number of rotatable bonds is 8. The zero-order valence-electron chi connectivity index (χ0n) is 27.1. The van der Waals surface area contributed by atoms with Crippen molar-refractivity contribution in [1.29, 1.82) is 0 Å². The number of benzene rings is 3. The molecule has 0 spiro atoms. The van der Waals surface area contributed by atoms with Gasteiger partial charge in [0.15, 0.2) is 5.82 Å². The molecule has 0 saturated carbocycles. The lowest BCUT2D eigenvalue weighted by molar-refractivity contribution is -0.134. The van der Waals surface area contributed by atoms with Crippen LogP contribution in [0.1, 0.15) is 31.6 Å². The molecule has 256 valence electrons. The molecule has 4 aromatic rings. The van der Waals surface area contributed by atoms with Gasteiger partial charge < -0.3 is 30.0 Å². The number of fused-ring (bicyclic) bond motifs is 1. The number of methoxy groups -OCH3 is 2. The predicted octanol–water partition coefficient (Wildman–Crippen LogP) is 4.06. The summed E-state index contributed by atoms with van der Waals surface area (Å²) in [4.78, 5) is 61.4. The summed E-state index contributed by atoms with van der Waals surface area (Å²) in [5, 5.41) is 7.97. The Balaban J connectivity index is 1.42. The standard InChI is InChI=1S/C34H35ClFN7O6/c1-20(42(28-12-9-24(48-2)19-29(28)49-3)34(47)37-23-7-5-22(36)6-8-23)31-39-26-10-4-21(35)18-25(26)32(45)43(31)41-16-14-40(15-17-41)33(46)27-11-13-30(44)38-27/h4-10,12,18-20,27H,11,13-17H2,1-3H3,(H,37,47)(H,38,44). The average Bonchev–Trinajstić information content (AvgIpc) is 3.55. The molecule has 2 unspecified atom stereocenters. The van der Waals surface area contributed by atoms with E-state index in [1.54, 1.807) is 53.2 Å². The molecule has 2 saturated heterocycles. The molecular formula is C34H35ClFN7O6. The molecule has 1 aromatic heterocycles. The Morgan fingerprint density at radius 3 is 2.41 bits per heavy atom. The van der Waals surface area contributed by atoms with Gasteiger partial charge in [-0.2, -0.15) is 0 Å². The SMILES string of the molecule is COc1ccc(N(C(=O)Nc2ccc(F)cc2)C(C)c2nc3ccc(Cl)cc3c(=O)n2N2CCN(C(=O)C3CCC(=O)N3)CC2)c(OC)c1. The number of nitrogens with zero attached hydrogens (tertiary/aromatic N) is 5. The molecule has 2 aliphatic heterocycles. The summed E-state index contributed by atoms with van der Waals surface area (Å²) in [6.45, 7) is 2.86. The van der Waals surface area contributed by atoms with Gasteiger partial charge in [-0.15, -0.1) is 0 Å². The number of urea groups is 1. The molecule has 15 heteroatoms. The summed E-state index contributed by atoms with van der Waals surface area (Å²) in [6, 6.07) is 13.1. The van der Waals surface area contributed by atoms with E-state index in [1.165, 1.54) is 48.1 Å². The first-order valence-corrected chi connectivity index (χ1v) is 16.1. The van der Waals surface area contributed by atoms with Crippen molar-refractivity contribution in [3.63, 3.8) is 0 Å². The monoisotopic (exact) mass is 691 g/mol. The number of anilines is 2. The molecule has 0 aliphatic carbocycles. The van der Waals surface area contributed by atoms with E-state index in [4.69, 9.17) is 26.1 Å². The van der Waals surface area contributed by atoms with Gasteiger partial charge in [0.1, 0.15) is 23.4 Å². The Bertz CT molecular complexity index is 1970. The first-order chi connectivity index (χ1) is 23.6. The van der Waals surface area contributed by atoms with E-state index in [2.05, 4.69) is 10.6 Å². The molecule has 3 aromatic carbocycles. The van der Waals surface area contributed by atoms with E-state index in [0.29, 0.717) is 59.3 Å². The van der Waals surface area contributed by atoms with E-state index in [-0.39, 0.29) is 36.1 Å². The molecule has 0 radical (unpaired) electrons. The first kappa shape index (κ1) is 33.5. The third-order valence-electron chi connectivity index (χ3n) is 8.70. The number of aromatic nitrogens is 2. The van der Waals surface area contributed by atoms with Gasteiger partial charge in [0.05, 0.1) is 49.9 Å². The van der Waals surface area contributed by atoms with E-state index < -0.39 is 29.5 Å². The molecule has 2 atom stereocenters. The third-order valence-corrected chi connectivity index (χ3v) is 8.93. The van der Waals surface area contributed by atoms with Crippen LogP contribution >= 0.6 is 11.6 Å². The number of halogens is 2. The number of amides is 4. The van der Waals surface area contributed by atoms with Crippen LogP contribution in [0.4, 0.5) is 20.6 Å². The number of hydrogen-bond acceptors (Lipinski definition) is 8. The van der Waals surface area contributed by atoms with Crippen molar-refractivity contribution in [3.8, 4) is 11.5 Å². The third kappa shape index (κ3) is 6.81. The smallest absolute Gasteiger partial charge is 0.327 e. The van der Waals surface area contributed by atoms with Gasteiger partial charge in [0.25, 0.3) is 5.56 Å². The van der Waals surface area contributed by atoms with E-state index in [1.807, 2.05) is 0 Å². The quantitative estimate of drug-likeness (QED) is 0.282. The molecule has 0 bridgehead atoms. The van der Waals surface area contributed by atoms with Crippen molar-refractivity contribution in [2.24, 2.45) is 0 Å². The molecular weight excluding hydrogens is 657 g/mol. The number of ether oxygens (including phenoxy) is 2. The lowest BCUT2D eigenvalue weighted by Crippen LogP contribution is -2.58. The van der Waals surface area contributed by atoms with Crippen LogP contribution in [0.3, 0.4) is 0 Å². The van der Waals surface area contributed by atoms with E-state index >= 15 is 0 Å². The molecule has 4 amide bonds. The van der Waals surface area contributed by atoms with Crippen LogP contribution in [-0.2, 0) is 9.59 Å². The van der Waals surface area contributed by atoms with Crippen LogP contribution in [0, 0.1) is 5.82 Å². The second-order valence-electron chi connectivity index (χ2n) is 11.7. The first-order valence-electron chi connectivity index (χ1n) is 15.7. The number of piperazine rings is 1. The minimum absolute atomic E-state index is 0.149. The van der Waals surface area contributed by atoms with Crippen molar-refractivity contribution in [2.75, 3.05) is 55.6 Å². The summed E-state index contributed by atoms with van der Waals surface area (Å²) in [7, 11) is 2.97. The summed E-state index contributed by atoms with van der Waals surface area (Å²) < 4.78 is 26.2. The minimum atomic E-state index is -0.899. The van der Waals surface area contributed by atoms with Gasteiger partial charge >= 0.3 is 6.03 Å². The van der Waals surface area contributed by atoms with Crippen molar-refractivity contribution < 1.29 is 28.2 Å². The fourth-order valence-corrected chi connectivity index (χ4v) is 6.33. The highest BCUT2D eigenvalue weighted by atomic mass is 35.5. The van der Waals surface area contributed by atoms with Crippen LogP contribution in [0.25, 0.3) is 10.9 Å². The zero-order chi connectivity index (χ0) is 34.8. The van der Waals surface area contributed by atoms with E-state index in [9.17, 15) is 23.6 Å². The van der Waals surface area contributed by atoms with Gasteiger partial charge in [0, 0.05) is 36.3 Å². The van der Waals surface area contributed by atoms with Gasteiger partial charge in [-0.3, -0.25) is 19.3 Å². The summed E-state index contributed by atoms with van der Waals surface area (Å²) in [5.41, 5.74) is 0.659. The van der Waals surface area contributed by atoms with E-state index in [0.717, 1.165) is 0 Å². The van der Waals surface area contributed by atoms with Crippen molar-refractivity contribution >= 4 is 51.7 Å². The molecule has 2 aliphatic rings.